The quantitative estimate of drug-likeness (QED) is 0.231. The maximum atomic E-state index is 14.7. The molecule has 49 heavy (non-hydrogen) atoms. The lowest BCUT2D eigenvalue weighted by molar-refractivity contribution is -0.143. The van der Waals surface area contributed by atoms with E-state index in [0.29, 0.717) is 32.2 Å². The molecular formula is C36H54N6O7. The number of ether oxygens (including phenoxy) is 1. The van der Waals surface area contributed by atoms with Crippen LogP contribution in [0.5, 0.6) is 0 Å². The van der Waals surface area contributed by atoms with Crippen LogP contribution >= 0.6 is 0 Å². The Hall–Kier alpha value is -4.16. The lowest BCUT2D eigenvalue weighted by Crippen LogP contribution is -2.61. The Balaban J connectivity index is 1.59. The highest BCUT2D eigenvalue weighted by molar-refractivity contribution is 6.37. The minimum Gasteiger partial charge on any atom is -0.447 e. The largest absolute Gasteiger partial charge is 0.447 e. The summed E-state index contributed by atoms with van der Waals surface area (Å²) >= 11 is 0. The topological polar surface area (TPSA) is 180 Å². The van der Waals surface area contributed by atoms with Crippen LogP contribution in [0.3, 0.4) is 0 Å². The van der Waals surface area contributed by atoms with E-state index < -0.39 is 59.3 Å². The molecule has 13 nitrogen and oxygen atoms in total. The predicted molar refractivity (Wildman–Crippen MR) is 183 cm³/mol. The summed E-state index contributed by atoms with van der Waals surface area (Å²) in [5, 5.41) is 8.68. The average molecular weight is 683 g/mol. The van der Waals surface area contributed by atoms with Crippen molar-refractivity contribution in [1.29, 1.82) is 0 Å². The monoisotopic (exact) mass is 682 g/mol. The van der Waals surface area contributed by atoms with Gasteiger partial charge < -0.3 is 36.2 Å². The van der Waals surface area contributed by atoms with Gasteiger partial charge in [-0.25, -0.2) is 9.59 Å². The average Bonchev–Trinajstić information content (AvgIpc) is 3.55. The normalized spacial score (nSPS) is 20.9. The van der Waals surface area contributed by atoms with Gasteiger partial charge in [0.25, 0.3) is 5.91 Å². The predicted octanol–water partition coefficient (Wildman–Crippen LogP) is 2.39. The number of ketones is 1. The molecule has 2 fully saturated rings. The molecule has 2 aliphatic carbocycles. The minimum atomic E-state index is -1.10. The summed E-state index contributed by atoms with van der Waals surface area (Å²) in [4.78, 5) is 82.0. The van der Waals surface area contributed by atoms with Gasteiger partial charge in [-0.3, -0.25) is 19.2 Å². The lowest BCUT2D eigenvalue weighted by Gasteiger charge is -2.35. The van der Waals surface area contributed by atoms with E-state index in [-0.39, 0.29) is 36.2 Å². The van der Waals surface area contributed by atoms with Crippen LogP contribution in [0.25, 0.3) is 0 Å². The van der Waals surface area contributed by atoms with Gasteiger partial charge in [0.2, 0.25) is 17.6 Å². The van der Waals surface area contributed by atoms with Crippen LogP contribution in [0.2, 0.25) is 0 Å². The molecule has 1 aliphatic heterocycles. The molecule has 4 rings (SSSR count). The highest BCUT2D eigenvalue weighted by atomic mass is 16.6. The van der Waals surface area contributed by atoms with Crippen molar-refractivity contribution in [2.45, 2.75) is 97.3 Å². The van der Waals surface area contributed by atoms with Crippen molar-refractivity contribution in [3.8, 4) is 0 Å². The van der Waals surface area contributed by atoms with Gasteiger partial charge in [0.05, 0.1) is 12.1 Å². The van der Waals surface area contributed by atoms with E-state index in [2.05, 4.69) is 16.0 Å². The highest BCUT2D eigenvalue weighted by Crippen LogP contribution is 2.36. The van der Waals surface area contributed by atoms with Gasteiger partial charge in [-0.05, 0) is 65.9 Å². The number of hydrogen-bond acceptors (Lipinski definition) is 7. The second-order valence-electron chi connectivity index (χ2n) is 15.6. The number of primary amides is 1. The van der Waals surface area contributed by atoms with Crippen molar-refractivity contribution in [3.05, 3.63) is 35.4 Å². The molecular weight excluding hydrogens is 628 g/mol. The highest BCUT2D eigenvalue weighted by Gasteiger charge is 2.48. The first kappa shape index (κ1) is 37.7. The minimum absolute atomic E-state index is 0.0325. The van der Waals surface area contributed by atoms with Gasteiger partial charge in [-0.1, -0.05) is 71.7 Å². The number of nitrogens with zero attached hydrogens (tertiary/aromatic N) is 2. The number of nitrogens with one attached hydrogen (secondary N) is 3. The van der Waals surface area contributed by atoms with E-state index in [1.807, 2.05) is 58.9 Å². The van der Waals surface area contributed by atoms with Gasteiger partial charge in [-0.2, -0.15) is 0 Å². The number of likely N-dealkylation sites (tertiary alicyclic amines) is 1. The van der Waals surface area contributed by atoms with E-state index in [4.69, 9.17) is 10.5 Å². The van der Waals surface area contributed by atoms with Crippen molar-refractivity contribution >= 4 is 35.6 Å². The van der Waals surface area contributed by atoms with E-state index in [9.17, 15) is 28.8 Å². The first-order valence-electron chi connectivity index (χ1n) is 17.4. The zero-order valence-corrected chi connectivity index (χ0v) is 29.9. The zero-order valence-electron chi connectivity index (χ0n) is 29.9. The summed E-state index contributed by atoms with van der Waals surface area (Å²) in [7, 11) is 3.14. The third-order valence-corrected chi connectivity index (χ3v) is 10.2. The Morgan fingerprint density at radius 3 is 2.08 bits per heavy atom. The van der Waals surface area contributed by atoms with Crippen LogP contribution in [-0.2, 0) is 36.8 Å². The van der Waals surface area contributed by atoms with Gasteiger partial charge >= 0.3 is 12.1 Å². The number of Topliss-reactive ketones (excluding diaryl/α,β-unsaturated/α-hetero) is 1. The molecule has 2 unspecified atom stereocenters. The Morgan fingerprint density at radius 2 is 1.57 bits per heavy atom. The molecule has 0 radical (unpaired) electrons. The Morgan fingerprint density at radius 1 is 0.959 bits per heavy atom. The second kappa shape index (κ2) is 15.6. The van der Waals surface area contributed by atoms with E-state index in [1.54, 1.807) is 14.1 Å². The summed E-state index contributed by atoms with van der Waals surface area (Å²) in [6.45, 7) is 9.94. The number of rotatable bonds is 13. The Kier molecular flexibility index (Phi) is 12.0. The molecule has 0 aromatic heterocycles. The van der Waals surface area contributed by atoms with Gasteiger partial charge in [0.1, 0.15) is 18.7 Å². The summed E-state index contributed by atoms with van der Waals surface area (Å²) in [5.41, 5.74) is 7.04. The number of hydrogen-bond donors (Lipinski definition) is 4. The molecule has 1 aromatic carbocycles. The van der Waals surface area contributed by atoms with Crippen LogP contribution in [-0.4, -0.2) is 96.8 Å². The lowest BCUT2D eigenvalue weighted by atomic mass is 9.87. The number of carbonyl (C=O) groups is 6. The summed E-state index contributed by atoms with van der Waals surface area (Å²) < 4.78 is 5.41. The fourth-order valence-electron chi connectivity index (χ4n) is 6.97. The number of benzene rings is 1. The number of fused-ring (bicyclic) bond motifs is 1. The SMILES string of the molecule is CC(C)C1CCN(C(=O)[C@@H](NC(=O)N[C@H](COC(=O)N(C)C)C(C)(C)C)C2Cc3ccccc3C2)[C@@H]1C(=O)NC(CC1CC1)C(=O)C(N)=O. The Bertz CT molecular complexity index is 1390. The van der Waals surface area contributed by atoms with Gasteiger partial charge in [0.15, 0.2) is 0 Å². The maximum absolute atomic E-state index is 14.7. The van der Waals surface area contributed by atoms with Crippen LogP contribution in [0, 0.1) is 29.1 Å². The molecule has 5 atom stereocenters. The smallest absolute Gasteiger partial charge is 0.409 e. The number of carbonyl (C=O) groups excluding carboxylic acids is 6. The second-order valence-corrected chi connectivity index (χ2v) is 15.6. The summed E-state index contributed by atoms with van der Waals surface area (Å²) in [6, 6.07) is 3.82. The number of urea groups is 1. The van der Waals surface area contributed by atoms with Crippen LogP contribution < -0.4 is 21.7 Å². The molecule has 3 aliphatic rings. The molecule has 1 saturated heterocycles. The number of nitrogens with two attached hydrogens (primary N) is 1. The van der Waals surface area contributed by atoms with Crippen LogP contribution in [0.4, 0.5) is 9.59 Å². The zero-order chi connectivity index (χ0) is 36.2. The molecule has 1 aromatic rings. The maximum Gasteiger partial charge on any atom is 0.409 e. The van der Waals surface area contributed by atoms with Crippen molar-refractivity contribution < 1.29 is 33.5 Å². The van der Waals surface area contributed by atoms with Gasteiger partial charge in [-0.15, -0.1) is 0 Å². The first-order chi connectivity index (χ1) is 23.0. The molecule has 270 valence electrons. The first-order valence-corrected chi connectivity index (χ1v) is 17.4. The van der Waals surface area contributed by atoms with Crippen LogP contribution in [0.15, 0.2) is 24.3 Å². The molecule has 0 bridgehead atoms. The van der Waals surface area contributed by atoms with Crippen LogP contribution in [0.1, 0.15) is 71.4 Å². The van der Waals surface area contributed by atoms with E-state index >= 15 is 0 Å². The fourth-order valence-corrected chi connectivity index (χ4v) is 6.97. The third-order valence-electron chi connectivity index (χ3n) is 10.2. The third kappa shape index (κ3) is 9.51. The standard InChI is InChI=1S/C36H54N6O7/c1-20(2)25-14-15-42(29(25)32(45)38-26(16-21-12-13-21)30(43)31(37)44)33(46)28(24-17-22-10-8-9-11-23(22)18-24)40-34(47)39-27(36(3,4)5)19-49-35(48)41(6)7/h8-11,20-21,24-29H,12-19H2,1-7H3,(H2,37,44)(H,38,45)(H2,39,40,47)/t25?,26?,27-,28+,29+/m1/s1. The van der Waals surface area contributed by atoms with Crippen molar-refractivity contribution in [3.63, 3.8) is 0 Å². The Labute approximate surface area is 289 Å². The van der Waals surface area contributed by atoms with Crippen molar-refractivity contribution in [1.82, 2.24) is 25.8 Å². The molecule has 6 amide bonds. The molecule has 13 heteroatoms. The molecule has 5 N–H and O–H groups in total. The van der Waals surface area contributed by atoms with E-state index in [0.717, 1.165) is 24.0 Å². The molecule has 0 spiro atoms. The summed E-state index contributed by atoms with van der Waals surface area (Å²) in [5.74, 6) is -3.06. The summed E-state index contributed by atoms with van der Waals surface area (Å²) in [6.07, 6.45) is 3.29. The van der Waals surface area contributed by atoms with Crippen molar-refractivity contribution in [2.24, 2.45) is 34.8 Å². The fraction of sp³-hybridized carbons (Fsp3) is 0.667. The molecule has 1 heterocycles. The van der Waals surface area contributed by atoms with Gasteiger partial charge in [0, 0.05) is 20.6 Å². The van der Waals surface area contributed by atoms with E-state index in [1.165, 1.54) is 9.80 Å². The number of amides is 6. The van der Waals surface area contributed by atoms with Crippen molar-refractivity contribution in [2.75, 3.05) is 27.2 Å². The molecule has 1 saturated carbocycles.